The molecule has 1 aliphatic rings. The summed E-state index contributed by atoms with van der Waals surface area (Å²) in [5.74, 6) is 1.10. The Morgan fingerprint density at radius 2 is 1.62 bits per heavy atom. The van der Waals surface area contributed by atoms with Crippen LogP contribution in [0.15, 0.2) is 12.1 Å². The lowest BCUT2D eigenvalue weighted by atomic mass is 9.88. The fraction of sp³-hybridized carbons (Fsp3) is 0.600. The van der Waals surface area contributed by atoms with Gasteiger partial charge < -0.3 is 19.3 Å². The van der Waals surface area contributed by atoms with Gasteiger partial charge in [-0.15, -0.1) is 0 Å². The molecule has 0 fully saturated rings. The van der Waals surface area contributed by atoms with E-state index in [0.29, 0.717) is 37.7 Å². The number of carbonyl (C=O) groups excluding carboxylic acids is 2. The van der Waals surface area contributed by atoms with Gasteiger partial charge in [-0.2, -0.15) is 0 Å². The third kappa shape index (κ3) is 3.64. The molecule has 0 aliphatic carbocycles. The molecule has 0 unspecified atom stereocenters. The lowest BCUT2D eigenvalue weighted by Crippen LogP contribution is -2.51. The minimum absolute atomic E-state index is 0.120. The Bertz CT molecular complexity index is 681. The molecule has 0 radical (unpaired) electrons. The first-order chi connectivity index (χ1) is 12.3. The van der Waals surface area contributed by atoms with Crippen molar-refractivity contribution in [3.05, 3.63) is 23.3 Å². The average Bonchev–Trinajstić information content (AvgIpc) is 2.66. The standard InChI is InChI=1S/C20H30N2O4/c1-7-21(8-2)18(23)20(3,4)19(24)22-10-9-14-11-16(25-5)17(26-6)12-15(14)13-22/h11-12H,7-10,13H2,1-6H3. The summed E-state index contributed by atoms with van der Waals surface area (Å²) < 4.78 is 10.7. The molecular weight excluding hydrogens is 332 g/mol. The highest BCUT2D eigenvalue weighted by Gasteiger charge is 2.41. The number of benzene rings is 1. The molecule has 1 heterocycles. The highest BCUT2D eigenvalue weighted by atomic mass is 16.5. The molecule has 1 aromatic carbocycles. The van der Waals surface area contributed by atoms with Crippen LogP contribution in [0.3, 0.4) is 0 Å². The summed E-state index contributed by atoms with van der Waals surface area (Å²) in [4.78, 5) is 29.4. The Labute approximate surface area is 156 Å². The van der Waals surface area contributed by atoms with Gasteiger partial charge in [0.2, 0.25) is 11.8 Å². The van der Waals surface area contributed by atoms with E-state index < -0.39 is 5.41 Å². The molecular formula is C20H30N2O4. The van der Waals surface area contributed by atoms with Gasteiger partial charge in [-0.25, -0.2) is 0 Å². The summed E-state index contributed by atoms with van der Waals surface area (Å²) in [6.45, 7) is 9.58. The summed E-state index contributed by atoms with van der Waals surface area (Å²) in [5, 5.41) is 0. The molecule has 1 aromatic rings. The molecule has 6 heteroatoms. The fourth-order valence-corrected chi connectivity index (χ4v) is 3.45. The molecule has 2 rings (SSSR count). The topological polar surface area (TPSA) is 59.1 Å². The highest BCUT2D eigenvalue weighted by Crippen LogP contribution is 2.34. The van der Waals surface area contributed by atoms with Gasteiger partial charge in [0.1, 0.15) is 5.41 Å². The van der Waals surface area contributed by atoms with Gasteiger partial charge in [0.15, 0.2) is 11.5 Å². The fourth-order valence-electron chi connectivity index (χ4n) is 3.45. The predicted octanol–water partition coefficient (Wildman–Crippen LogP) is 2.48. The van der Waals surface area contributed by atoms with Crippen LogP contribution in [0.1, 0.15) is 38.8 Å². The van der Waals surface area contributed by atoms with Gasteiger partial charge in [-0.1, -0.05) is 0 Å². The van der Waals surface area contributed by atoms with Gasteiger partial charge in [0.05, 0.1) is 14.2 Å². The van der Waals surface area contributed by atoms with Crippen molar-refractivity contribution < 1.29 is 19.1 Å². The summed E-state index contributed by atoms with van der Waals surface area (Å²) in [6.07, 6.45) is 0.733. The molecule has 0 N–H and O–H groups in total. The van der Waals surface area contributed by atoms with E-state index in [2.05, 4.69) is 0 Å². The molecule has 0 bridgehead atoms. The molecule has 0 spiro atoms. The van der Waals surface area contributed by atoms with Crippen LogP contribution in [-0.2, 0) is 22.6 Å². The molecule has 2 amide bonds. The number of carbonyl (C=O) groups is 2. The molecule has 0 saturated heterocycles. The van der Waals surface area contributed by atoms with Crippen LogP contribution in [0.4, 0.5) is 0 Å². The molecule has 0 saturated carbocycles. The van der Waals surface area contributed by atoms with E-state index >= 15 is 0 Å². The zero-order chi connectivity index (χ0) is 19.5. The largest absolute Gasteiger partial charge is 0.493 e. The van der Waals surface area contributed by atoms with E-state index in [0.717, 1.165) is 17.5 Å². The smallest absolute Gasteiger partial charge is 0.238 e. The number of nitrogens with zero attached hydrogens (tertiary/aromatic N) is 2. The first kappa shape index (κ1) is 20.1. The molecule has 26 heavy (non-hydrogen) atoms. The van der Waals surface area contributed by atoms with Crippen molar-refractivity contribution in [1.82, 2.24) is 9.80 Å². The van der Waals surface area contributed by atoms with Gasteiger partial charge in [-0.3, -0.25) is 9.59 Å². The van der Waals surface area contributed by atoms with Crippen LogP contribution < -0.4 is 9.47 Å². The number of fused-ring (bicyclic) bond motifs is 1. The van der Waals surface area contributed by atoms with Crippen molar-refractivity contribution in [2.75, 3.05) is 33.9 Å². The lowest BCUT2D eigenvalue weighted by molar-refractivity contribution is -0.154. The molecule has 1 aliphatic heterocycles. The maximum atomic E-state index is 13.1. The molecule has 144 valence electrons. The minimum Gasteiger partial charge on any atom is -0.493 e. The quantitative estimate of drug-likeness (QED) is 0.730. The van der Waals surface area contributed by atoms with E-state index in [1.54, 1.807) is 37.9 Å². The van der Waals surface area contributed by atoms with Crippen LogP contribution in [0.25, 0.3) is 0 Å². The number of ether oxygens (including phenoxy) is 2. The second-order valence-corrected chi connectivity index (χ2v) is 7.06. The van der Waals surface area contributed by atoms with E-state index in [1.807, 2.05) is 26.0 Å². The lowest BCUT2D eigenvalue weighted by Gasteiger charge is -2.36. The van der Waals surface area contributed by atoms with Crippen LogP contribution in [0.5, 0.6) is 11.5 Å². The Morgan fingerprint density at radius 3 is 2.12 bits per heavy atom. The van der Waals surface area contributed by atoms with Crippen LogP contribution in [-0.4, -0.2) is 55.5 Å². The van der Waals surface area contributed by atoms with Crippen molar-refractivity contribution in [1.29, 1.82) is 0 Å². The minimum atomic E-state index is -1.07. The third-order valence-electron chi connectivity index (χ3n) is 5.13. The first-order valence-electron chi connectivity index (χ1n) is 9.12. The Kier molecular flexibility index (Phi) is 6.16. The van der Waals surface area contributed by atoms with Gasteiger partial charge in [0, 0.05) is 26.2 Å². The van der Waals surface area contributed by atoms with Crippen molar-refractivity contribution in [2.45, 2.75) is 40.7 Å². The normalized spacial score (nSPS) is 13.8. The van der Waals surface area contributed by atoms with Gasteiger partial charge >= 0.3 is 0 Å². The van der Waals surface area contributed by atoms with Crippen molar-refractivity contribution in [2.24, 2.45) is 5.41 Å². The average molecular weight is 362 g/mol. The molecule has 0 atom stereocenters. The van der Waals surface area contributed by atoms with Gasteiger partial charge in [-0.05, 0) is 57.4 Å². The molecule has 0 aromatic heterocycles. The molecule has 6 nitrogen and oxygen atoms in total. The van der Waals surface area contributed by atoms with Crippen LogP contribution in [0, 0.1) is 5.41 Å². The Morgan fingerprint density at radius 1 is 1.08 bits per heavy atom. The zero-order valence-electron chi connectivity index (χ0n) is 16.7. The Hall–Kier alpha value is -2.24. The maximum absolute atomic E-state index is 13.1. The summed E-state index contributed by atoms with van der Waals surface area (Å²) in [7, 11) is 3.21. The predicted molar refractivity (Wildman–Crippen MR) is 100 cm³/mol. The third-order valence-corrected chi connectivity index (χ3v) is 5.13. The zero-order valence-corrected chi connectivity index (χ0v) is 16.7. The summed E-state index contributed by atoms with van der Waals surface area (Å²) in [5.41, 5.74) is 1.12. The van der Waals surface area contributed by atoms with E-state index in [1.165, 1.54) is 0 Å². The number of hydrogen-bond donors (Lipinski definition) is 0. The second kappa shape index (κ2) is 7.98. The summed E-state index contributed by atoms with van der Waals surface area (Å²) >= 11 is 0. The van der Waals surface area contributed by atoms with Crippen molar-refractivity contribution >= 4 is 11.8 Å². The van der Waals surface area contributed by atoms with Crippen LogP contribution >= 0.6 is 0 Å². The Balaban J connectivity index is 2.24. The van der Waals surface area contributed by atoms with Gasteiger partial charge in [0.25, 0.3) is 0 Å². The number of hydrogen-bond acceptors (Lipinski definition) is 4. The van der Waals surface area contributed by atoms with Crippen molar-refractivity contribution in [3.63, 3.8) is 0 Å². The monoisotopic (exact) mass is 362 g/mol. The summed E-state index contributed by atoms with van der Waals surface area (Å²) in [6, 6.07) is 3.90. The number of methoxy groups -OCH3 is 2. The first-order valence-corrected chi connectivity index (χ1v) is 9.12. The second-order valence-electron chi connectivity index (χ2n) is 7.06. The number of rotatable bonds is 6. The van der Waals surface area contributed by atoms with E-state index in [-0.39, 0.29) is 11.8 Å². The SMILES string of the molecule is CCN(CC)C(=O)C(C)(C)C(=O)N1CCc2cc(OC)c(OC)cc2C1. The van der Waals surface area contributed by atoms with Crippen LogP contribution in [0.2, 0.25) is 0 Å². The van der Waals surface area contributed by atoms with E-state index in [9.17, 15) is 9.59 Å². The maximum Gasteiger partial charge on any atom is 0.238 e. The van der Waals surface area contributed by atoms with Crippen molar-refractivity contribution in [3.8, 4) is 11.5 Å². The number of amides is 2. The highest BCUT2D eigenvalue weighted by molar-refractivity contribution is 6.04. The van der Waals surface area contributed by atoms with E-state index in [4.69, 9.17) is 9.47 Å².